The van der Waals surface area contributed by atoms with Crippen molar-refractivity contribution in [2.24, 2.45) is 5.92 Å². The Morgan fingerprint density at radius 3 is 2.68 bits per heavy atom. The second-order valence-corrected chi connectivity index (χ2v) is 5.27. The second-order valence-electron chi connectivity index (χ2n) is 5.27. The summed E-state index contributed by atoms with van der Waals surface area (Å²) in [5.74, 6) is -1.33. The van der Waals surface area contributed by atoms with Gasteiger partial charge in [-0.25, -0.2) is 0 Å². The van der Waals surface area contributed by atoms with Crippen molar-refractivity contribution in [3.8, 4) is 0 Å². The van der Waals surface area contributed by atoms with E-state index in [9.17, 15) is 9.59 Å². The van der Waals surface area contributed by atoms with E-state index in [1.54, 1.807) is 4.90 Å². The van der Waals surface area contributed by atoms with E-state index in [2.05, 4.69) is 6.92 Å². The van der Waals surface area contributed by atoms with Crippen LogP contribution in [0.25, 0.3) is 0 Å². The Labute approximate surface area is 114 Å². The smallest absolute Gasteiger partial charge is 0.308 e. The average molecular weight is 271 g/mol. The van der Waals surface area contributed by atoms with E-state index < -0.39 is 11.9 Å². The molecule has 5 heteroatoms. The Morgan fingerprint density at radius 1 is 1.32 bits per heavy atom. The summed E-state index contributed by atoms with van der Waals surface area (Å²) >= 11 is 0. The Bertz CT molecular complexity index is 306. The Morgan fingerprint density at radius 2 is 2.05 bits per heavy atom. The van der Waals surface area contributed by atoms with Gasteiger partial charge in [0.05, 0.1) is 5.92 Å². The maximum Gasteiger partial charge on any atom is 0.308 e. The molecule has 19 heavy (non-hydrogen) atoms. The lowest BCUT2D eigenvalue weighted by molar-refractivity contribution is -0.148. The minimum atomic E-state index is -0.812. The predicted molar refractivity (Wildman–Crippen MR) is 71.9 cm³/mol. The molecule has 0 aromatic carbocycles. The molecule has 2 unspecified atom stereocenters. The van der Waals surface area contributed by atoms with Crippen LogP contribution in [0.1, 0.15) is 46.0 Å². The van der Waals surface area contributed by atoms with Crippen molar-refractivity contribution >= 4 is 11.9 Å². The van der Waals surface area contributed by atoms with Gasteiger partial charge in [-0.05, 0) is 26.2 Å². The molecule has 0 spiro atoms. The number of carbonyl (C=O) groups excluding carboxylic acids is 1. The number of hydrogen-bond donors (Lipinski definition) is 1. The topological polar surface area (TPSA) is 66.8 Å². The lowest BCUT2D eigenvalue weighted by atomic mass is 9.93. The number of ether oxygens (including phenoxy) is 1. The molecule has 1 heterocycles. The highest BCUT2D eigenvalue weighted by Crippen LogP contribution is 2.22. The van der Waals surface area contributed by atoms with Gasteiger partial charge in [0, 0.05) is 19.2 Å². The van der Waals surface area contributed by atoms with Crippen LogP contribution in [-0.4, -0.2) is 47.7 Å². The molecule has 0 aromatic rings. The molecule has 1 amide bonds. The lowest BCUT2D eigenvalue weighted by Gasteiger charge is -2.36. The summed E-state index contributed by atoms with van der Waals surface area (Å²) in [7, 11) is 0. The summed E-state index contributed by atoms with van der Waals surface area (Å²) in [6, 6.07) is 0.113. The minimum Gasteiger partial charge on any atom is -0.481 e. The van der Waals surface area contributed by atoms with Gasteiger partial charge in [-0.3, -0.25) is 9.59 Å². The van der Waals surface area contributed by atoms with Crippen molar-refractivity contribution in [1.82, 2.24) is 4.90 Å². The van der Waals surface area contributed by atoms with E-state index in [4.69, 9.17) is 9.84 Å². The highest BCUT2D eigenvalue weighted by atomic mass is 16.5. The van der Waals surface area contributed by atoms with Crippen molar-refractivity contribution in [3.05, 3.63) is 0 Å². The van der Waals surface area contributed by atoms with Gasteiger partial charge in [0.2, 0.25) is 5.91 Å². The number of carboxylic acids is 1. The third kappa shape index (κ3) is 5.19. The maximum absolute atomic E-state index is 12.0. The SMILES string of the molecule is CCCCCOCC(=O)N1CC(C(=O)O)CCC1C. The molecule has 0 saturated carbocycles. The molecule has 110 valence electrons. The van der Waals surface area contributed by atoms with Crippen LogP contribution in [0, 0.1) is 5.92 Å². The average Bonchev–Trinajstić information content (AvgIpc) is 2.38. The summed E-state index contributed by atoms with van der Waals surface area (Å²) in [4.78, 5) is 24.7. The van der Waals surface area contributed by atoms with Crippen molar-refractivity contribution in [2.75, 3.05) is 19.8 Å². The first-order valence-corrected chi connectivity index (χ1v) is 7.16. The zero-order valence-electron chi connectivity index (χ0n) is 11.9. The second kappa shape index (κ2) is 8.15. The van der Waals surface area contributed by atoms with Crippen LogP contribution in [0.4, 0.5) is 0 Å². The molecule has 0 radical (unpaired) electrons. The normalized spacial score (nSPS) is 23.4. The summed E-state index contributed by atoms with van der Waals surface area (Å²) in [5.41, 5.74) is 0. The zero-order chi connectivity index (χ0) is 14.3. The van der Waals surface area contributed by atoms with Gasteiger partial charge in [-0.2, -0.15) is 0 Å². The van der Waals surface area contributed by atoms with E-state index in [-0.39, 0.29) is 18.6 Å². The lowest BCUT2D eigenvalue weighted by Crippen LogP contribution is -2.48. The quantitative estimate of drug-likeness (QED) is 0.718. The van der Waals surface area contributed by atoms with Crippen LogP contribution in [0.2, 0.25) is 0 Å². The van der Waals surface area contributed by atoms with E-state index >= 15 is 0 Å². The van der Waals surface area contributed by atoms with Gasteiger partial charge in [0.25, 0.3) is 0 Å². The summed E-state index contributed by atoms with van der Waals surface area (Å²) in [5, 5.41) is 9.03. The number of piperidine rings is 1. The van der Waals surface area contributed by atoms with Crippen LogP contribution in [-0.2, 0) is 14.3 Å². The third-order valence-corrected chi connectivity index (χ3v) is 3.67. The fourth-order valence-corrected chi connectivity index (χ4v) is 2.35. The molecule has 1 aliphatic rings. The Kier molecular flexibility index (Phi) is 6.84. The molecule has 0 aliphatic carbocycles. The van der Waals surface area contributed by atoms with Crippen LogP contribution in [0.5, 0.6) is 0 Å². The fourth-order valence-electron chi connectivity index (χ4n) is 2.35. The van der Waals surface area contributed by atoms with Crippen molar-refractivity contribution in [3.63, 3.8) is 0 Å². The van der Waals surface area contributed by atoms with Crippen molar-refractivity contribution < 1.29 is 19.4 Å². The van der Waals surface area contributed by atoms with E-state index in [1.807, 2.05) is 6.92 Å². The number of carboxylic acid groups (broad SMARTS) is 1. The number of rotatable bonds is 7. The zero-order valence-corrected chi connectivity index (χ0v) is 11.9. The van der Waals surface area contributed by atoms with Gasteiger partial charge in [0.1, 0.15) is 6.61 Å². The predicted octanol–water partition coefficient (Wildman–Crippen LogP) is 1.90. The number of hydrogen-bond acceptors (Lipinski definition) is 3. The number of aliphatic carboxylic acids is 1. The van der Waals surface area contributed by atoms with Gasteiger partial charge in [-0.1, -0.05) is 19.8 Å². The van der Waals surface area contributed by atoms with E-state index in [1.165, 1.54) is 0 Å². The van der Waals surface area contributed by atoms with Gasteiger partial charge >= 0.3 is 5.97 Å². The minimum absolute atomic E-state index is 0.0698. The van der Waals surface area contributed by atoms with Crippen LogP contribution < -0.4 is 0 Å². The molecule has 1 N–H and O–H groups in total. The highest BCUT2D eigenvalue weighted by molar-refractivity contribution is 5.79. The molecule has 0 bridgehead atoms. The van der Waals surface area contributed by atoms with Gasteiger partial charge < -0.3 is 14.7 Å². The van der Waals surface area contributed by atoms with Gasteiger partial charge in [-0.15, -0.1) is 0 Å². The monoisotopic (exact) mass is 271 g/mol. The van der Waals surface area contributed by atoms with Crippen molar-refractivity contribution in [1.29, 1.82) is 0 Å². The Hall–Kier alpha value is -1.10. The van der Waals surface area contributed by atoms with Crippen molar-refractivity contribution in [2.45, 2.75) is 52.0 Å². The number of unbranched alkanes of at least 4 members (excludes halogenated alkanes) is 2. The highest BCUT2D eigenvalue weighted by Gasteiger charge is 2.32. The molecular weight excluding hydrogens is 246 g/mol. The van der Waals surface area contributed by atoms with Crippen LogP contribution >= 0.6 is 0 Å². The summed E-state index contributed by atoms with van der Waals surface area (Å²) in [6.45, 7) is 5.07. The fraction of sp³-hybridized carbons (Fsp3) is 0.857. The first kappa shape index (κ1) is 16.0. The molecular formula is C14H25NO4. The molecule has 1 aliphatic heterocycles. The standard InChI is InChI=1S/C14H25NO4/c1-3-4-5-8-19-10-13(16)15-9-12(14(17)18)7-6-11(15)2/h11-12H,3-10H2,1-2H3,(H,17,18). The Balaban J connectivity index is 2.34. The first-order valence-electron chi connectivity index (χ1n) is 7.16. The van der Waals surface area contributed by atoms with Crippen LogP contribution in [0.15, 0.2) is 0 Å². The molecule has 1 saturated heterocycles. The number of nitrogens with zero attached hydrogens (tertiary/aromatic N) is 1. The third-order valence-electron chi connectivity index (χ3n) is 3.67. The molecule has 5 nitrogen and oxygen atoms in total. The summed E-state index contributed by atoms with van der Waals surface area (Å²) in [6.07, 6.45) is 4.60. The molecule has 0 aromatic heterocycles. The largest absolute Gasteiger partial charge is 0.481 e. The number of likely N-dealkylation sites (tertiary alicyclic amines) is 1. The molecule has 1 rings (SSSR count). The molecule has 1 fully saturated rings. The summed E-state index contributed by atoms with van der Waals surface area (Å²) < 4.78 is 5.36. The molecule has 2 atom stereocenters. The van der Waals surface area contributed by atoms with E-state index in [0.29, 0.717) is 19.6 Å². The number of amides is 1. The maximum atomic E-state index is 12.0. The van der Waals surface area contributed by atoms with Gasteiger partial charge in [0.15, 0.2) is 0 Å². The first-order chi connectivity index (χ1) is 9.06. The van der Waals surface area contributed by atoms with E-state index in [0.717, 1.165) is 25.7 Å². The van der Waals surface area contributed by atoms with Crippen LogP contribution in [0.3, 0.4) is 0 Å². The number of carbonyl (C=O) groups is 2.